The first-order chi connectivity index (χ1) is 8.79. The monoisotopic (exact) mass is 238 g/mol. The van der Waals surface area contributed by atoms with Gasteiger partial charge < -0.3 is 5.73 Å². The molecule has 0 aliphatic heterocycles. The second-order valence-electron chi connectivity index (χ2n) is 4.39. The molecule has 1 aromatic carbocycles. The van der Waals surface area contributed by atoms with Gasteiger partial charge >= 0.3 is 0 Å². The van der Waals surface area contributed by atoms with Gasteiger partial charge in [0.15, 0.2) is 0 Å². The van der Waals surface area contributed by atoms with Gasteiger partial charge in [-0.1, -0.05) is 49.5 Å². The van der Waals surface area contributed by atoms with Crippen molar-refractivity contribution in [1.82, 2.24) is 4.98 Å². The summed E-state index contributed by atoms with van der Waals surface area (Å²) in [5.41, 5.74) is 7.87. The summed E-state index contributed by atoms with van der Waals surface area (Å²) in [5, 5.41) is 1.16. The maximum Gasteiger partial charge on any atom is 0.0705 e. The van der Waals surface area contributed by atoms with Gasteiger partial charge in [-0.2, -0.15) is 0 Å². The van der Waals surface area contributed by atoms with Crippen LogP contribution in [-0.2, 0) is 6.42 Å². The zero-order valence-electron chi connectivity index (χ0n) is 10.7. The van der Waals surface area contributed by atoms with Crippen molar-refractivity contribution in [2.75, 3.05) is 0 Å². The standard InChI is InChI=1S/C16H18N2/c1-2-6-14(17)8-5-9-15-12-11-13-7-3-4-10-16(13)18-15/h3-4,7,10-12,14H,2,6,9,17H2,1H3. The first-order valence-electron chi connectivity index (χ1n) is 6.38. The minimum absolute atomic E-state index is 0.00421. The predicted octanol–water partition coefficient (Wildman–Crippen LogP) is 2.91. The normalized spacial score (nSPS) is 11.9. The highest BCUT2D eigenvalue weighted by molar-refractivity contribution is 5.78. The van der Waals surface area contributed by atoms with E-state index in [2.05, 4.69) is 35.9 Å². The van der Waals surface area contributed by atoms with Gasteiger partial charge in [0.1, 0.15) is 0 Å². The van der Waals surface area contributed by atoms with E-state index >= 15 is 0 Å². The molecule has 1 atom stereocenters. The summed E-state index contributed by atoms with van der Waals surface area (Å²) in [6.45, 7) is 2.12. The van der Waals surface area contributed by atoms with E-state index in [4.69, 9.17) is 5.73 Å². The topological polar surface area (TPSA) is 38.9 Å². The zero-order valence-corrected chi connectivity index (χ0v) is 10.7. The summed E-state index contributed by atoms with van der Waals surface area (Å²) in [6, 6.07) is 12.2. The van der Waals surface area contributed by atoms with Gasteiger partial charge in [0.05, 0.1) is 23.7 Å². The van der Waals surface area contributed by atoms with E-state index in [1.165, 1.54) is 0 Å². The van der Waals surface area contributed by atoms with Crippen LogP contribution < -0.4 is 5.73 Å². The number of nitrogens with two attached hydrogens (primary N) is 1. The smallest absolute Gasteiger partial charge is 0.0705 e. The van der Waals surface area contributed by atoms with Gasteiger partial charge in [0.2, 0.25) is 0 Å². The molecule has 1 aromatic heterocycles. The third-order valence-electron chi connectivity index (χ3n) is 2.81. The van der Waals surface area contributed by atoms with E-state index in [9.17, 15) is 0 Å². The van der Waals surface area contributed by atoms with Crippen molar-refractivity contribution in [1.29, 1.82) is 0 Å². The molecule has 1 heterocycles. The summed E-state index contributed by atoms with van der Waals surface area (Å²) in [7, 11) is 0. The fourth-order valence-corrected chi connectivity index (χ4v) is 1.86. The fraction of sp³-hybridized carbons (Fsp3) is 0.312. The van der Waals surface area contributed by atoms with E-state index in [0.29, 0.717) is 6.42 Å². The average Bonchev–Trinajstić information content (AvgIpc) is 2.39. The summed E-state index contributed by atoms with van der Waals surface area (Å²) in [5.74, 6) is 6.18. The van der Waals surface area contributed by atoms with Crippen molar-refractivity contribution in [3.63, 3.8) is 0 Å². The molecule has 0 aliphatic carbocycles. The number of hydrogen-bond acceptors (Lipinski definition) is 2. The fourth-order valence-electron chi connectivity index (χ4n) is 1.86. The number of aromatic nitrogens is 1. The Hall–Kier alpha value is -1.85. The molecule has 2 aromatic rings. The number of pyridine rings is 1. The summed E-state index contributed by atoms with van der Waals surface area (Å²) < 4.78 is 0. The lowest BCUT2D eigenvalue weighted by Crippen LogP contribution is -2.16. The Bertz CT molecular complexity index is 578. The van der Waals surface area contributed by atoms with Crippen LogP contribution in [0.2, 0.25) is 0 Å². The summed E-state index contributed by atoms with van der Waals surface area (Å²) in [4.78, 5) is 4.57. The van der Waals surface area contributed by atoms with Crippen molar-refractivity contribution in [2.45, 2.75) is 32.2 Å². The Balaban J connectivity index is 2.08. The van der Waals surface area contributed by atoms with Crippen LogP contribution in [0, 0.1) is 11.8 Å². The highest BCUT2D eigenvalue weighted by Gasteiger charge is 1.97. The van der Waals surface area contributed by atoms with Gasteiger partial charge in [0.25, 0.3) is 0 Å². The molecule has 0 saturated carbocycles. The van der Waals surface area contributed by atoms with Gasteiger partial charge in [-0.3, -0.25) is 4.98 Å². The molecule has 0 fully saturated rings. The number of fused-ring (bicyclic) bond motifs is 1. The Morgan fingerprint density at radius 2 is 2.06 bits per heavy atom. The lowest BCUT2D eigenvalue weighted by atomic mass is 10.1. The molecule has 0 bridgehead atoms. The third-order valence-corrected chi connectivity index (χ3v) is 2.81. The van der Waals surface area contributed by atoms with E-state index in [1.54, 1.807) is 0 Å². The van der Waals surface area contributed by atoms with E-state index in [1.807, 2.05) is 24.3 Å². The van der Waals surface area contributed by atoms with Crippen LogP contribution >= 0.6 is 0 Å². The first-order valence-corrected chi connectivity index (χ1v) is 6.38. The lowest BCUT2D eigenvalue weighted by Gasteiger charge is -2.00. The first kappa shape index (κ1) is 12.6. The highest BCUT2D eigenvalue weighted by Crippen LogP contribution is 2.11. The third kappa shape index (κ3) is 3.32. The van der Waals surface area contributed by atoms with Gasteiger partial charge in [0, 0.05) is 5.39 Å². The number of rotatable bonds is 3. The van der Waals surface area contributed by atoms with Crippen LogP contribution in [0.25, 0.3) is 10.9 Å². The zero-order chi connectivity index (χ0) is 12.8. The van der Waals surface area contributed by atoms with Crippen molar-refractivity contribution in [3.8, 4) is 11.8 Å². The Kier molecular flexibility index (Phi) is 4.33. The molecule has 92 valence electrons. The Morgan fingerprint density at radius 1 is 1.22 bits per heavy atom. The van der Waals surface area contributed by atoms with E-state index in [0.717, 1.165) is 29.4 Å². The van der Waals surface area contributed by atoms with E-state index in [-0.39, 0.29) is 6.04 Å². The van der Waals surface area contributed by atoms with E-state index < -0.39 is 0 Å². The number of benzene rings is 1. The Labute approximate surface area is 108 Å². The number of nitrogens with zero attached hydrogens (tertiary/aromatic N) is 1. The van der Waals surface area contributed by atoms with Crippen molar-refractivity contribution in [2.24, 2.45) is 5.73 Å². The molecule has 2 nitrogen and oxygen atoms in total. The summed E-state index contributed by atoms with van der Waals surface area (Å²) in [6.07, 6.45) is 2.70. The van der Waals surface area contributed by atoms with Crippen LogP contribution in [0.1, 0.15) is 25.5 Å². The molecule has 2 rings (SSSR count). The van der Waals surface area contributed by atoms with Crippen LogP contribution in [0.3, 0.4) is 0 Å². The van der Waals surface area contributed by atoms with Crippen molar-refractivity contribution in [3.05, 3.63) is 42.1 Å². The van der Waals surface area contributed by atoms with Crippen LogP contribution in [0.4, 0.5) is 0 Å². The molecule has 0 radical (unpaired) electrons. The molecule has 0 saturated heterocycles. The van der Waals surface area contributed by atoms with Crippen molar-refractivity contribution >= 4 is 10.9 Å². The predicted molar refractivity (Wildman–Crippen MR) is 76.1 cm³/mol. The molecule has 2 N–H and O–H groups in total. The molecule has 18 heavy (non-hydrogen) atoms. The maximum atomic E-state index is 5.84. The quantitative estimate of drug-likeness (QED) is 0.835. The van der Waals surface area contributed by atoms with Gasteiger partial charge in [-0.05, 0) is 18.6 Å². The number of para-hydroxylation sites is 1. The molecular weight excluding hydrogens is 220 g/mol. The van der Waals surface area contributed by atoms with Crippen LogP contribution in [-0.4, -0.2) is 11.0 Å². The highest BCUT2D eigenvalue weighted by atomic mass is 14.7. The maximum absolute atomic E-state index is 5.84. The van der Waals surface area contributed by atoms with Gasteiger partial charge in [-0.25, -0.2) is 0 Å². The molecule has 1 unspecified atom stereocenters. The Morgan fingerprint density at radius 3 is 2.89 bits per heavy atom. The van der Waals surface area contributed by atoms with Crippen LogP contribution in [0.5, 0.6) is 0 Å². The number of hydrogen-bond donors (Lipinski definition) is 1. The lowest BCUT2D eigenvalue weighted by molar-refractivity contribution is 0.720. The second-order valence-corrected chi connectivity index (χ2v) is 4.39. The van der Waals surface area contributed by atoms with Gasteiger partial charge in [-0.15, -0.1) is 0 Å². The molecule has 2 heteroatoms. The van der Waals surface area contributed by atoms with Crippen LogP contribution in [0.15, 0.2) is 36.4 Å². The minimum atomic E-state index is -0.00421. The van der Waals surface area contributed by atoms with Crippen molar-refractivity contribution < 1.29 is 0 Å². The molecule has 0 spiro atoms. The average molecular weight is 238 g/mol. The SMILES string of the molecule is CCCC(N)C#CCc1ccc2ccccc2n1. The molecule has 0 amide bonds. The summed E-state index contributed by atoms with van der Waals surface area (Å²) >= 11 is 0. The molecule has 0 aliphatic rings. The minimum Gasteiger partial charge on any atom is -0.318 e. The largest absolute Gasteiger partial charge is 0.318 e. The second kappa shape index (κ2) is 6.18. The molecular formula is C16H18N2.